The van der Waals surface area contributed by atoms with Gasteiger partial charge in [-0.15, -0.1) is 0 Å². The summed E-state index contributed by atoms with van der Waals surface area (Å²) in [4.78, 5) is 45.8. The predicted octanol–water partition coefficient (Wildman–Crippen LogP) is 6.96. The number of anilines is 1. The minimum Gasteiger partial charge on any atom is -0.352 e. The number of ketones is 3. The van der Waals surface area contributed by atoms with E-state index in [4.69, 9.17) is 11.6 Å². The molecule has 0 N–H and O–H groups in total. The van der Waals surface area contributed by atoms with Crippen molar-refractivity contribution in [2.24, 2.45) is 5.41 Å². The van der Waals surface area contributed by atoms with E-state index >= 15 is 0 Å². The highest BCUT2D eigenvalue weighted by Gasteiger charge is 2.71. The van der Waals surface area contributed by atoms with Crippen molar-refractivity contribution < 1.29 is 14.4 Å². The smallest absolute Gasteiger partial charge is 0.185 e. The summed E-state index contributed by atoms with van der Waals surface area (Å²) in [6.07, 6.45) is 3.91. The Kier molecular flexibility index (Phi) is 5.26. The van der Waals surface area contributed by atoms with Crippen LogP contribution >= 0.6 is 11.6 Å². The number of Topliss-reactive ketones (excluding diaryl/α,β-unsaturated/α-hetero) is 3. The van der Waals surface area contributed by atoms with Crippen LogP contribution in [0.4, 0.5) is 5.69 Å². The molecule has 0 aromatic heterocycles. The molecule has 190 valence electrons. The Bertz CT molecular complexity index is 1670. The van der Waals surface area contributed by atoms with E-state index in [0.29, 0.717) is 21.7 Å². The van der Waals surface area contributed by atoms with Gasteiger partial charge in [-0.3, -0.25) is 14.4 Å². The number of carbonyl (C=O) groups excluding carboxylic acids is 3. The number of aryl methyl sites for hydroxylation is 1. The first-order valence-electron chi connectivity index (χ1n) is 13.0. The van der Waals surface area contributed by atoms with Crippen molar-refractivity contribution in [3.8, 4) is 0 Å². The molecular weight excluding hydrogens is 506 g/mol. The number of rotatable bonds is 3. The summed E-state index contributed by atoms with van der Waals surface area (Å²) in [5, 5.41) is 0.544. The molecule has 7 rings (SSSR count). The number of halogens is 1. The van der Waals surface area contributed by atoms with Crippen molar-refractivity contribution in [2.75, 3.05) is 4.90 Å². The molecule has 0 radical (unpaired) electrons. The zero-order chi connectivity index (χ0) is 26.9. The Balaban J connectivity index is 1.54. The van der Waals surface area contributed by atoms with Crippen LogP contribution in [-0.4, -0.2) is 29.4 Å². The monoisotopic (exact) mass is 529 g/mol. The van der Waals surface area contributed by atoms with E-state index in [1.807, 2.05) is 84.6 Å². The highest BCUT2D eigenvalue weighted by atomic mass is 35.5. The fourth-order valence-electron chi connectivity index (χ4n) is 6.85. The van der Waals surface area contributed by atoms with Crippen molar-refractivity contribution in [2.45, 2.75) is 24.9 Å². The van der Waals surface area contributed by atoms with E-state index in [1.165, 1.54) is 0 Å². The van der Waals surface area contributed by atoms with Crippen molar-refractivity contribution >= 4 is 40.7 Å². The van der Waals surface area contributed by atoms with Crippen LogP contribution in [0.3, 0.4) is 0 Å². The van der Waals surface area contributed by atoms with Gasteiger partial charge < -0.3 is 4.90 Å². The molecule has 4 aromatic carbocycles. The van der Waals surface area contributed by atoms with Gasteiger partial charge in [-0.2, -0.15) is 0 Å². The van der Waals surface area contributed by atoms with Gasteiger partial charge in [-0.25, -0.2) is 0 Å². The molecule has 1 saturated heterocycles. The normalized spacial score (nSPS) is 22.1. The maximum Gasteiger partial charge on any atom is 0.185 e. The summed E-state index contributed by atoms with van der Waals surface area (Å²) in [7, 11) is 0. The molecule has 2 heterocycles. The summed E-state index contributed by atoms with van der Waals surface area (Å²) in [6.45, 7) is 1.98. The van der Waals surface area contributed by atoms with Gasteiger partial charge in [-0.05, 0) is 36.2 Å². The molecule has 1 spiro atoms. The molecule has 4 aromatic rings. The molecule has 3 atom stereocenters. The third kappa shape index (κ3) is 3.22. The van der Waals surface area contributed by atoms with Crippen molar-refractivity contribution in [3.05, 3.63) is 142 Å². The second-order valence-corrected chi connectivity index (χ2v) is 11.0. The molecule has 4 nitrogen and oxygen atoms in total. The molecule has 5 heteroatoms. The molecule has 39 heavy (non-hydrogen) atoms. The lowest BCUT2D eigenvalue weighted by molar-refractivity contribution is 0.0666. The van der Waals surface area contributed by atoms with Crippen LogP contribution in [0.25, 0.3) is 6.08 Å². The van der Waals surface area contributed by atoms with Crippen LogP contribution in [0.2, 0.25) is 5.02 Å². The van der Waals surface area contributed by atoms with E-state index in [0.717, 1.165) is 22.4 Å². The summed E-state index contributed by atoms with van der Waals surface area (Å²) >= 11 is 6.28. The highest BCUT2D eigenvalue weighted by molar-refractivity contribution is 6.32. The Hall–Kier alpha value is -4.28. The maximum atomic E-state index is 14.6. The third-order valence-electron chi connectivity index (χ3n) is 8.55. The Morgan fingerprint density at radius 3 is 2.08 bits per heavy atom. The molecule has 0 bridgehead atoms. The molecule has 0 saturated carbocycles. The molecule has 1 aliphatic carbocycles. The fraction of sp³-hybridized carbons (Fsp3) is 0.147. The first-order valence-corrected chi connectivity index (χ1v) is 13.4. The molecular formula is C34H24ClNO3. The summed E-state index contributed by atoms with van der Waals surface area (Å²) in [6, 6.07) is 28.1. The summed E-state index contributed by atoms with van der Waals surface area (Å²) in [5.41, 5.74) is 3.42. The van der Waals surface area contributed by atoms with E-state index in [2.05, 4.69) is 0 Å². The summed E-state index contributed by atoms with van der Waals surface area (Å²) in [5.74, 6) is -1.34. The fourth-order valence-corrected chi connectivity index (χ4v) is 6.98. The first-order chi connectivity index (χ1) is 18.9. The third-order valence-corrected chi connectivity index (χ3v) is 8.80. The van der Waals surface area contributed by atoms with E-state index in [1.54, 1.807) is 36.4 Å². The number of fused-ring (bicyclic) bond motifs is 5. The maximum absolute atomic E-state index is 14.6. The Labute approximate surface area is 231 Å². The average Bonchev–Trinajstić information content (AvgIpc) is 3.40. The Morgan fingerprint density at radius 2 is 1.41 bits per heavy atom. The molecule has 3 aliphatic rings. The lowest BCUT2D eigenvalue weighted by Crippen LogP contribution is -2.48. The van der Waals surface area contributed by atoms with Crippen LogP contribution < -0.4 is 4.90 Å². The van der Waals surface area contributed by atoms with E-state index in [9.17, 15) is 14.4 Å². The largest absolute Gasteiger partial charge is 0.352 e. The quantitative estimate of drug-likeness (QED) is 0.212. The predicted molar refractivity (Wildman–Crippen MR) is 153 cm³/mol. The zero-order valence-corrected chi connectivity index (χ0v) is 21.9. The average molecular weight is 530 g/mol. The van der Waals surface area contributed by atoms with Gasteiger partial charge in [0.1, 0.15) is 11.5 Å². The molecule has 2 aliphatic heterocycles. The van der Waals surface area contributed by atoms with Crippen LogP contribution in [0, 0.1) is 12.3 Å². The van der Waals surface area contributed by atoms with Crippen LogP contribution in [0.1, 0.15) is 53.7 Å². The minimum atomic E-state index is -1.51. The zero-order valence-electron chi connectivity index (χ0n) is 21.2. The molecule has 1 fully saturated rings. The van der Waals surface area contributed by atoms with Gasteiger partial charge >= 0.3 is 0 Å². The number of hydrogen-bond donors (Lipinski definition) is 0. The lowest BCUT2D eigenvalue weighted by Gasteiger charge is -2.37. The second kappa shape index (κ2) is 8.62. The van der Waals surface area contributed by atoms with Gasteiger partial charge in [0.15, 0.2) is 17.3 Å². The van der Waals surface area contributed by atoms with Gasteiger partial charge in [0.05, 0.1) is 6.04 Å². The van der Waals surface area contributed by atoms with Crippen molar-refractivity contribution in [1.82, 2.24) is 0 Å². The standard InChI is InChI=1S/C34H24ClNO3/c1-20-10-12-23(13-11-20)31(37)30-29(22-14-17-24(35)18-15-22)34(32(38)25-7-3-4-8-26(25)33(34)39)28-19-16-21-6-2-5-9-27(21)36(28)30/h2-19,28-30H,1H3/t28-,29-,30-/m1/s1. The number of benzene rings is 4. The second-order valence-electron chi connectivity index (χ2n) is 10.5. The van der Waals surface area contributed by atoms with Crippen LogP contribution in [-0.2, 0) is 0 Å². The van der Waals surface area contributed by atoms with Gasteiger partial charge in [0.25, 0.3) is 0 Å². The minimum absolute atomic E-state index is 0.126. The molecule has 0 unspecified atom stereocenters. The van der Waals surface area contributed by atoms with Crippen LogP contribution in [0.15, 0.2) is 103 Å². The first kappa shape index (κ1) is 23.8. The van der Waals surface area contributed by atoms with Gasteiger partial charge in [0, 0.05) is 33.3 Å². The number of carbonyl (C=O) groups is 3. The van der Waals surface area contributed by atoms with Gasteiger partial charge in [-0.1, -0.05) is 108 Å². The van der Waals surface area contributed by atoms with Crippen LogP contribution in [0.5, 0.6) is 0 Å². The SMILES string of the molecule is Cc1ccc(C(=O)[C@H]2[C@@H](c3ccc(Cl)cc3)C3(C(=O)c4ccccc4C3=O)[C@H]3C=Cc4ccccc4N23)cc1. The number of para-hydroxylation sites is 1. The van der Waals surface area contributed by atoms with E-state index in [-0.39, 0.29) is 17.3 Å². The lowest BCUT2D eigenvalue weighted by atomic mass is 9.64. The number of hydrogen-bond acceptors (Lipinski definition) is 4. The molecule has 0 amide bonds. The topological polar surface area (TPSA) is 54.5 Å². The van der Waals surface area contributed by atoms with Crippen molar-refractivity contribution in [1.29, 1.82) is 0 Å². The number of nitrogens with zero attached hydrogens (tertiary/aromatic N) is 1. The summed E-state index contributed by atoms with van der Waals surface area (Å²) < 4.78 is 0. The van der Waals surface area contributed by atoms with Gasteiger partial charge in [0.2, 0.25) is 0 Å². The Morgan fingerprint density at radius 1 is 0.795 bits per heavy atom. The van der Waals surface area contributed by atoms with Crippen molar-refractivity contribution in [3.63, 3.8) is 0 Å². The van der Waals surface area contributed by atoms with E-state index < -0.39 is 23.4 Å². The highest BCUT2D eigenvalue weighted by Crippen LogP contribution is 2.61.